The van der Waals surface area contributed by atoms with Crippen molar-refractivity contribution in [2.24, 2.45) is 0 Å². The molecule has 1 aliphatic rings. The summed E-state index contributed by atoms with van der Waals surface area (Å²) in [6.07, 6.45) is 1.64. The molecule has 1 aromatic heterocycles. The highest BCUT2D eigenvalue weighted by Crippen LogP contribution is 2.27. The molecule has 2 aromatic carbocycles. The van der Waals surface area contributed by atoms with Crippen LogP contribution in [-0.4, -0.2) is 53.2 Å². The van der Waals surface area contributed by atoms with Gasteiger partial charge in [0.1, 0.15) is 11.5 Å². The number of sulfonamides is 1. The Morgan fingerprint density at radius 3 is 2.26 bits per heavy atom. The molecule has 0 saturated carbocycles. The van der Waals surface area contributed by atoms with Crippen LogP contribution < -0.4 is 14.4 Å². The van der Waals surface area contributed by atoms with Crippen LogP contribution in [0.1, 0.15) is 28.5 Å². The Morgan fingerprint density at radius 1 is 0.971 bits per heavy atom. The van der Waals surface area contributed by atoms with E-state index in [9.17, 15) is 8.42 Å². The second-order valence-corrected chi connectivity index (χ2v) is 10.5. The SMILES string of the molecule is COc1ccc(N2CCN(C(CNS(=O)(=O)c3cc(C)c(C)cc3C)c3ccco3)CC2)cc1. The van der Waals surface area contributed by atoms with Crippen molar-refractivity contribution in [1.29, 1.82) is 0 Å². The maximum Gasteiger partial charge on any atom is 0.240 e. The number of benzene rings is 2. The molecule has 0 spiro atoms. The third-order valence-electron chi connectivity index (χ3n) is 6.61. The first-order chi connectivity index (χ1) is 16.3. The van der Waals surface area contributed by atoms with Crippen LogP contribution in [-0.2, 0) is 10.0 Å². The summed E-state index contributed by atoms with van der Waals surface area (Å²) in [7, 11) is -1.99. The monoisotopic (exact) mass is 483 g/mol. The Labute approximate surface area is 202 Å². The average molecular weight is 484 g/mol. The molecule has 34 heavy (non-hydrogen) atoms. The van der Waals surface area contributed by atoms with Gasteiger partial charge in [-0.3, -0.25) is 4.90 Å². The van der Waals surface area contributed by atoms with Gasteiger partial charge in [0, 0.05) is 38.4 Å². The molecule has 1 saturated heterocycles. The molecule has 1 atom stereocenters. The van der Waals surface area contributed by atoms with Gasteiger partial charge in [0.15, 0.2) is 0 Å². The fourth-order valence-electron chi connectivity index (χ4n) is 4.47. The Kier molecular flexibility index (Phi) is 7.30. The largest absolute Gasteiger partial charge is 0.497 e. The number of nitrogens with one attached hydrogen (secondary N) is 1. The van der Waals surface area contributed by atoms with E-state index in [2.05, 4.69) is 26.7 Å². The van der Waals surface area contributed by atoms with Gasteiger partial charge < -0.3 is 14.1 Å². The van der Waals surface area contributed by atoms with Crippen LogP contribution in [0.4, 0.5) is 5.69 Å². The smallest absolute Gasteiger partial charge is 0.240 e. The summed E-state index contributed by atoms with van der Waals surface area (Å²) in [6, 6.07) is 15.3. The zero-order valence-electron chi connectivity index (χ0n) is 20.2. The van der Waals surface area contributed by atoms with Gasteiger partial charge in [-0.25, -0.2) is 13.1 Å². The van der Waals surface area contributed by atoms with E-state index in [-0.39, 0.29) is 12.6 Å². The molecule has 182 valence electrons. The van der Waals surface area contributed by atoms with E-state index >= 15 is 0 Å². The van der Waals surface area contributed by atoms with Gasteiger partial charge in [-0.1, -0.05) is 6.07 Å². The number of anilines is 1. The topological polar surface area (TPSA) is 75.0 Å². The maximum absolute atomic E-state index is 13.2. The lowest BCUT2D eigenvalue weighted by Gasteiger charge is -2.39. The van der Waals surface area contributed by atoms with E-state index in [1.165, 1.54) is 0 Å². The van der Waals surface area contributed by atoms with Gasteiger partial charge in [-0.15, -0.1) is 0 Å². The van der Waals surface area contributed by atoms with E-state index < -0.39 is 10.0 Å². The molecular formula is C26H33N3O4S. The van der Waals surface area contributed by atoms with Crippen molar-refractivity contribution in [3.05, 3.63) is 77.2 Å². The zero-order valence-corrected chi connectivity index (χ0v) is 21.1. The van der Waals surface area contributed by atoms with Crippen molar-refractivity contribution in [2.45, 2.75) is 31.7 Å². The fraction of sp³-hybridized carbons (Fsp3) is 0.385. The van der Waals surface area contributed by atoms with Crippen LogP contribution in [0.15, 0.2) is 64.1 Å². The lowest BCUT2D eigenvalue weighted by atomic mass is 10.1. The van der Waals surface area contributed by atoms with Gasteiger partial charge in [-0.2, -0.15) is 0 Å². The van der Waals surface area contributed by atoms with Crippen molar-refractivity contribution in [2.75, 3.05) is 44.7 Å². The summed E-state index contributed by atoms with van der Waals surface area (Å²) < 4.78 is 40.2. The van der Waals surface area contributed by atoms with Crippen LogP contribution in [0.25, 0.3) is 0 Å². The lowest BCUT2D eigenvalue weighted by molar-refractivity contribution is 0.166. The summed E-state index contributed by atoms with van der Waals surface area (Å²) in [6.45, 7) is 9.27. The standard InChI is InChI=1S/C26H33N3O4S/c1-19-16-21(3)26(17-20(19)2)34(30,31)27-18-24(25-6-5-15-33-25)29-13-11-28(12-14-29)22-7-9-23(32-4)10-8-22/h5-10,15-17,24,27H,11-14,18H2,1-4H3. The Hall–Kier alpha value is -2.81. The number of hydrogen-bond acceptors (Lipinski definition) is 6. The molecule has 8 heteroatoms. The van der Waals surface area contributed by atoms with Crippen LogP contribution in [0.5, 0.6) is 5.75 Å². The Morgan fingerprint density at radius 2 is 1.65 bits per heavy atom. The molecule has 0 bridgehead atoms. The minimum atomic E-state index is -3.66. The van der Waals surface area contributed by atoms with Gasteiger partial charge in [0.05, 0.1) is 24.3 Å². The number of rotatable bonds is 8. The van der Waals surface area contributed by atoms with Crippen molar-refractivity contribution < 1.29 is 17.6 Å². The molecule has 2 heterocycles. The molecule has 0 amide bonds. The third kappa shape index (κ3) is 5.29. The van der Waals surface area contributed by atoms with Gasteiger partial charge in [-0.05, 0) is 79.9 Å². The summed E-state index contributed by atoms with van der Waals surface area (Å²) in [5.74, 6) is 1.60. The second-order valence-electron chi connectivity index (χ2n) is 8.81. The third-order valence-corrected chi connectivity index (χ3v) is 8.18. The molecule has 3 aromatic rings. The summed E-state index contributed by atoms with van der Waals surface area (Å²) in [5, 5.41) is 0. The highest BCUT2D eigenvalue weighted by atomic mass is 32.2. The summed E-state index contributed by atoms with van der Waals surface area (Å²) in [5.41, 5.74) is 3.95. The normalized spacial score (nSPS) is 15.9. The molecule has 1 aliphatic heterocycles. The number of methoxy groups -OCH3 is 1. The van der Waals surface area contributed by atoms with Crippen molar-refractivity contribution in [3.8, 4) is 5.75 Å². The molecule has 0 aliphatic carbocycles. The molecular weight excluding hydrogens is 450 g/mol. The Balaban J connectivity index is 1.46. The molecule has 4 rings (SSSR count). The number of furan rings is 1. The first kappa shape index (κ1) is 24.3. The zero-order chi connectivity index (χ0) is 24.3. The van der Waals surface area contributed by atoms with Crippen LogP contribution in [0.2, 0.25) is 0 Å². The fourth-order valence-corrected chi connectivity index (χ4v) is 5.81. The summed E-state index contributed by atoms with van der Waals surface area (Å²) >= 11 is 0. The molecule has 1 N–H and O–H groups in total. The number of piperazine rings is 1. The van der Waals surface area contributed by atoms with Crippen molar-refractivity contribution in [3.63, 3.8) is 0 Å². The average Bonchev–Trinajstić information content (AvgIpc) is 3.36. The predicted octanol–water partition coefficient (Wildman–Crippen LogP) is 4.06. The molecule has 7 nitrogen and oxygen atoms in total. The highest BCUT2D eigenvalue weighted by Gasteiger charge is 2.29. The van der Waals surface area contributed by atoms with Crippen LogP contribution in [0, 0.1) is 20.8 Å². The van der Waals surface area contributed by atoms with E-state index in [0.29, 0.717) is 4.90 Å². The molecule has 0 radical (unpaired) electrons. The first-order valence-electron chi connectivity index (χ1n) is 11.5. The highest BCUT2D eigenvalue weighted by molar-refractivity contribution is 7.89. The number of aryl methyl sites for hydroxylation is 3. The van der Waals surface area contributed by atoms with E-state index in [1.807, 2.05) is 51.1 Å². The minimum absolute atomic E-state index is 0.186. The maximum atomic E-state index is 13.2. The van der Waals surface area contributed by atoms with Gasteiger partial charge in [0.25, 0.3) is 0 Å². The second kappa shape index (κ2) is 10.2. The summed E-state index contributed by atoms with van der Waals surface area (Å²) in [4.78, 5) is 4.95. The van der Waals surface area contributed by atoms with E-state index in [0.717, 1.165) is 60.1 Å². The molecule has 1 unspecified atom stereocenters. The van der Waals surface area contributed by atoms with Crippen molar-refractivity contribution in [1.82, 2.24) is 9.62 Å². The first-order valence-corrected chi connectivity index (χ1v) is 13.0. The quantitative estimate of drug-likeness (QED) is 0.521. The van der Waals surface area contributed by atoms with E-state index in [1.54, 1.807) is 19.4 Å². The van der Waals surface area contributed by atoms with Gasteiger partial charge >= 0.3 is 0 Å². The van der Waals surface area contributed by atoms with Crippen LogP contribution >= 0.6 is 0 Å². The number of nitrogens with zero attached hydrogens (tertiary/aromatic N) is 2. The van der Waals surface area contributed by atoms with Gasteiger partial charge in [0.2, 0.25) is 10.0 Å². The Bertz CT molecular complexity index is 1200. The number of ether oxygens (including phenoxy) is 1. The number of hydrogen-bond donors (Lipinski definition) is 1. The minimum Gasteiger partial charge on any atom is -0.497 e. The predicted molar refractivity (Wildman–Crippen MR) is 134 cm³/mol. The molecule has 1 fully saturated rings. The van der Waals surface area contributed by atoms with Crippen LogP contribution in [0.3, 0.4) is 0 Å². The van der Waals surface area contributed by atoms with E-state index in [4.69, 9.17) is 9.15 Å². The van der Waals surface area contributed by atoms with Crippen molar-refractivity contribution >= 4 is 15.7 Å². The lowest BCUT2D eigenvalue weighted by Crippen LogP contribution is -2.49.